The van der Waals surface area contributed by atoms with Crippen LogP contribution in [0.25, 0.3) is 11.0 Å². The standard InChI is InChI=1S/C10H9N7S/c1-5-2-12-10(13-3-5)18-8-6-4-14-17-7(6)15-9(11)16-8/h2-4H,1H3,(H3,11,14,15,16,17). The molecule has 3 aromatic heterocycles. The summed E-state index contributed by atoms with van der Waals surface area (Å²) in [5.74, 6) is 0.196. The van der Waals surface area contributed by atoms with E-state index < -0.39 is 0 Å². The van der Waals surface area contributed by atoms with Gasteiger partial charge in [-0.25, -0.2) is 15.0 Å². The number of hydrogen-bond acceptors (Lipinski definition) is 7. The molecule has 3 aromatic rings. The average Bonchev–Trinajstić information content (AvgIpc) is 2.80. The maximum atomic E-state index is 5.64. The number of fused-ring (bicyclic) bond motifs is 1. The quantitative estimate of drug-likeness (QED) is 0.525. The lowest BCUT2D eigenvalue weighted by molar-refractivity contribution is 0.945. The van der Waals surface area contributed by atoms with Crippen LogP contribution in [-0.2, 0) is 0 Å². The number of aromatic amines is 1. The Morgan fingerprint density at radius 1 is 1.17 bits per heavy atom. The third-order valence-corrected chi connectivity index (χ3v) is 3.14. The summed E-state index contributed by atoms with van der Waals surface area (Å²) in [5, 5.41) is 8.79. The third kappa shape index (κ3) is 1.97. The Balaban J connectivity index is 2.03. The Morgan fingerprint density at radius 3 is 2.72 bits per heavy atom. The van der Waals surface area contributed by atoms with Crippen LogP contribution in [0.5, 0.6) is 0 Å². The molecule has 8 heteroatoms. The number of nitrogens with zero attached hydrogens (tertiary/aromatic N) is 5. The van der Waals surface area contributed by atoms with Gasteiger partial charge >= 0.3 is 0 Å². The Morgan fingerprint density at radius 2 is 1.94 bits per heavy atom. The molecule has 3 heterocycles. The van der Waals surface area contributed by atoms with E-state index in [4.69, 9.17) is 5.73 Å². The molecule has 0 bridgehead atoms. The molecule has 0 aliphatic carbocycles. The van der Waals surface area contributed by atoms with Crippen molar-refractivity contribution < 1.29 is 0 Å². The first-order valence-corrected chi connectivity index (χ1v) is 5.97. The molecule has 0 unspecified atom stereocenters. The molecule has 0 aliphatic rings. The topological polar surface area (TPSA) is 106 Å². The maximum Gasteiger partial charge on any atom is 0.223 e. The fraction of sp³-hybridized carbons (Fsp3) is 0.100. The van der Waals surface area contributed by atoms with E-state index in [1.54, 1.807) is 18.6 Å². The normalized spacial score (nSPS) is 10.9. The van der Waals surface area contributed by atoms with E-state index in [1.807, 2.05) is 6.92 Å². The van der Waals surface area contributed by atoms with Crippen LogP contribution in [0.3, 0.4) is 0 Å². The lowest BCUT2D eigenvalue weighted by atomic mass is 10.4. The number of H-pyrrole nitrogens is 1. The van der Waals surface area contributed by atoms with Crippen molar-refractivity contribution in [1.29, 1.82) is 0 Å². The van der Waals surface area contributed by atoms with Gasteiger partial charge in [0.2, 0.25) is 5.95 Å². The minimum absolute atomic E-state index is 0.196. The van der Waals surface area contributed by atoms with Gasteiger partial charge in [0.1, 0.15) is 5.03 Å². The van der Waals surface area contributed by atoms with Gasteiger partial charge in [0, 0.05) is 12.4 Å². The van der Waals surface area contributed by atoms with Gasteiger partial charge in [-0.05, 0) is 24.2 Å². The number of anilines is 1. The van der Waals surface area contributed by atoms with Gasteiger partial charge in [0.25, 0.3) is 0 Å². The maximum absolute atomic E-state index is 5.64. The zero-order valence-corrected chi connectivity index (χ0v) is 10.3. The van der Waals surface area contributed by atoms with Crippen LogP contribution >= 0.6 is 11.8 Å². The van der Waals surface area contributed by atoms with Crippen LogP contribution in [0.2, 0.25) is 0 Å². The van der Waals surface area contributed by atoms with E-state index in [1.165, 1.54) is 11.8 Å². The molecule has 7 nitrogen and oxygen atoms in total. The summed E-state index contributed by atoms with van der Waals surface area (Å²) >= 11 is 1.33. The number of nitrogen functional groups attached to an aromatic ring is 1. The van der Waals surface area contributed by atoms with Crippen molar-refractivity contribution in [1.82, 2.24) is 30.1 Å². The smallest absolute Gasteiger partial charge is 0.223 e. The average molecular weight is 259 g/mol. The molecule has 0 radical (unpaired) electrons. The molecule has 0 atom stereocenters. The molecule has 0 saturated heterocycles. The molecule has 0 aromatic carbocycles. The Bertz CT molecular complexity index is 691. The van der Waals surface area contributed by atoms with E-state index in [9.17, 15) is 0 Å². The highest BCUT2D eigenvalue weighted by atomic mass is 32.2. The molecular formula is C10H9N7S. The Kier molecular flexibility index (Phi) is 2.56. The fourth-order valence-corrected chi connectivity index (χ4v) is 2.20. The number of nitrogens with two attached hydrogens (primary N) is 1. The van der Waals surface area contributed by atoms with Gasteiger partial charge in [-0.15, -0.1) is 0 Å². The molecule has 0 saturated carbocycles. The zero-order valence-electron chi connectivity index (χ0n) is 9.45. The summed E-state index contributed by atoms with van der Waals surface area (Å²) in [7, 11) is 0. The van der Waals surface area contributed by atoms with Gasteiger partial charge in [-0.2, -0.15) is 10.1 Å². The van der Waals surface area contributed by atoms with Gasteiger partial charge < -0.3 is 5.73 Å². The highest BCUT2D eigenvalue weighted by Crippen LogP contribution is 2.28. The van der Waals surface area contributed by atoms with Gasteiger partial charge in [0.15, 0.2) is 10.8 Å². The Labute approximate surface area is 106 Å². The van der Waals surface area contributed by atoms with Gasteiger partial charge in [-0.3, -0.25) is 5.10 Å². The van der Waals surface area contributed by atoms with Crippen LogP contribution in [0.15, 0.2) is 28.8 Å². The van der Waals surface area contributed by atoms with Crippen molar-refractivity contribution in [3.63, 3.8) is 0 Å². The third-order valence-electron chi connectivity index (χ3n) is 2.24. The first-order chi connectivity index (χ1) is 8.72. The SMILES string of the molecule is Cc1cnc(Sc2nc(N)nc3[nH]ncc23)nc1. The highest BCUT2D eigenvalue weighted by Gasteiger charge is 2.10. The second-order valence-corrected chi connectivity index (χ2v) is 4.62. The van der Waals surface area contributed by atoms with E-state index in [0.29, 0.717) is 15.8 Å². The number of rotatable bonds is 2. The molecule has 18 heavy (non-hydrogen) atoms. The molecule has 0 spiro atoms. The van der Waals surface area contributed by atoms with E-state index in [-0.39, 0.29) is 5.95 Å². The summed E-state index contributed by atoms with van der Waals surface area (Å²) in [6.45, 7) is 1.94. The molecular weight excluding hydrogens is 250 g/mol. The number of hydrogen-bond donors (Lipinski definition) is 2. The second kappa shape index (κ2) is 4.22. The molecule has 0 aliphatic heterocycles. The second-order valence-electron chi connectivity index (χ2n) is 3.66. The van der Waals surface area contributed by atoms with Crippen molar-refractivity contribution in [3.8, 4) is 0 Å². The lowest BCUT2D eigenvalue weighted by Gasteiger charge is -2.01. The predicted molar refractivity (Wildman–Crippen MR) is 67.0 cm³/mol. The van der Waals surface area contributed by atoms with Crippen molar-refractivity contribution in [2.75, 3.05) is 5.73 Å². The summed E-state index contributed by atoms with van der Waals surface area (Å²) in [4.78, 5) is 16.7. The molecule has 3 N–H and O–H groups in total. The van der Waals surface area contributed by atoms with Gasteiger partial charge in [0.05, 0.1) is 11.6 Å². The van der Waals surface area contributed by atoms with Crippen molar-refractivity contribution in [2.45, 2.75) is 17.1 Å². The number of aromatic nitrogens is 6. The number of nitrogens with one attached hydrogen (secondary N) is 1. The summed E-state index contributed by atoms with van der Waals surface area (Å²) in [5.41, 5.74) is 7.26. The number of aryl methyl sites for hydroxylation is 1. The van der Waals surface area contributed by atoms with Crippen LogP contribution < -0.4 is 5.73 Å². The molecule has 90 valence electrons. The van der Waals surface area contributed by atoms with Crippen LogP contribution in [0.1, 0.15) is 5.56 Å². The van der Waals surface area contributed by atoms with Crippen molar-refractivity contribution in [3.05, 3.63) is 24.2 Å². The molecule has 0 amide bonds. The lowest BCUT2D eigenvalue weighted by Crippen LogP contribution is -1.97. The van der Waals surface area contributed by atoms with Crippen LogP contribution in [0, 0.1) is 6.92 Å². The van der Waals surface area contributed by atoms with Crippen molar-refractivity contribution in [2.24, 2.45) is 0 Å². The molecule has 3 rings (SSSR count). The summed E-state index contributed by atoms with van der Waals surface area (Å²) in [6, 6.07) is 0. The summed E-state index contributed by atoms with van der Waals surface area (Å²) in [6.07, 6.45) is 5.17. The predicted octanol–water partition coefficient (Wildman–Crippen LogP) is 1.18. The van der Waals surface area contributed by atoms with Crippen LogP contribution in [0.4, 0.5) is 5.95 Å². The first kappa shape index (κ1) is 10.9. The molecule has 0 fully saturated rings. The van der Waals surface area contributed by atoms with E-state index in [0.717, 1.165) is 10.9 Å². The van der Waals surface area contributed by atoms with Gasteiger partial charge in [-0.1, -0.05) is 0 Å². The largest absolute Gasteiger partial charge is 0.368 e. The minimum Gasteiger partial charge on any atom is -0.368 e. The highest BCUT2D eigenvalue weighted by molar-refractivity contribution is 7.99. The van der Waals surface area contributed by atoms with Crippen LogP contribution in [-0.4, -0.2) is 30.1 Å². The van der Waals surface area contributed by atoms with Crippen molar-refractivity contribution >= 4 is 28.7 Å². The zero-order chi connectivity index (χ0) is 12.5. The van der Waals surface area contributed by atoms with E-state index in [2.05, 4.69) is 30.1 Å². The minimum atomic E-state index is 0.196. The Hall–Kier alpha value is -2.22. The van der Waals surface area contributed by atoms with E-state index >= 15 is 0 Å². The monoisotopic (exact) mass is 259 g/mol. The summed E-state index contributed by atoms with van der Waals surface area (Å²) < 4.78 is 0. The fourth-order valence-electron chi connectivity index (χ4n) is 1.42. The first-order valence-electron chi connectivity index (χ1n) is 5.15.